The molecule has 0 bridgehead atoms. The molecule has 3 rings (SSSR count). The molecule has 1 N–H and O–H groups in total. The first-order chi connectivity index (χ1) is 14.5. The second-order valence-corrected chi connectivity index (χ2v) is 9.49. The summed E-state index contributed by atoms with van der Waals surface area (Å²) in [4.78, 5) is 14.7. The average molecular weight is 456 g/mol. The number of likely N-dealkylation sites (N-methyl/N-ethyl adjacent to an activating group) is 1. The third-order valence-electron chi connectivity index (χ3n) is 5.26. The molecule has 0 aromatic heterocycles. The first-order valence-corrected chi connectivity index (χ1v) is 11.2. The van der Waals surface area contributed by atoms with Gasteiger partial charge in [-0.2, -0.15) is 17.5 Å². The van der Waals surface area contributed by atoms with Crippen molar-refractivity contribution in [3.05, 3.63) is 65.2 Å². The normalized spacial score (nSPS) is 17.3. The Morgan fingerprint density at radius 3 is 2.32 bits per heavy atom. The van der Waals surface area contributed by atoms with Crippen LogP contribution in [0.2, 0.25) is 0 Å². The number of carbonyl (C=O) groups is 1. The van der Waals surface area contributed by atoms with E-state index >= 15 is 0 Å². The van der Waals surface area contributed by atoms with E-state index < -0.39 is 33.7 Å². The van der Waals surface area contributed by atoms with E-state index in [-0.39, 0.29) is 10.5 Å². The lowest BCUT2D eigenvalue weighted by Crippen LogP contribution is -2.47. The summed E-state index contributed by atoms with van der Waals surface area (Å²) in [5, 5.41) is 2.63. The number of sulfonamides is 1. The maximum absolute atomic E-state index is 12.9. The topological polar surface area (TPSA) is 69.7 Å². The quantitative estimate of drug-likeness (QED) is 0.752. The molecule has 10 heteroatoms. The average Bonchev–Trinajstić information content (AvgIpc) is 2.73. The van der Waals surface area contributed by atoms with Crippen molar-refractivity contribution < 1.29 is 26.4 Å². The van der Waals surface area contributed by atoms with Gasteiger partial charge in [0.15, 0.2) is 0 Å². The molecule has 1 unspecified atom stereocenters. The van der Waals surface area contributed by atoms with Crippen LogP contribution < -0.4 is 5.32 Å². The minimum Gasteiger partial charge on any atom is -0.346 e. The highest BCUT2D eigenvalue weighted by Crippen LogP contribution is 2.30. The number of amides is 1. The van der Waals surface area contributed by atoms with E-state index in [0.717, 1.165) is 12.1 Å². The summed E-state index contributed by atoms with van der Waals surface area (Å²) in [6.07, 6.45) is -4.48. The minimum atomic E-state index is -4.48. The van der Waals surface area contributed by atoms with Crippen LogP contribution in [0.25, 0.3) is 0 Å². The van der Waals surface area contributed by atoms with Gasteiger partial charge in [0.05, 0.1) is 16.5 Å². The van der Waals surface area contributed by atoms with E-state index in [4.69, 9.17) is 0 Å². The summed E-state index contributed by atoms with van der Waals surface area (Å²) in [5.41, 5.74) is -0.384. The molecule has 31 heavy (non-hydrogen) atoms. The Hall–Kier alpha value is -2.43. The monoisotopic (exact) mass is 455 g/mol. The summed E-state index contributed by atoms with van der Waals surface area (Å²) in [5.74, 6) is -0.569. The first kappa shape index (κ1) is 23.2. The Kier molecular flexibility index (Phi) is 6.73. The van der Waals surface area contributed by atoms with Gasteiger partial charge in [0.2, 0.25) is 10.0 Å². The predicted octanol–water partition coefficient (Wildman–Crippen LogP) is 3.13. The number of hydrogen-bond donors (Lipinski definition) is 1. The van der Waals surface area contributed by atoms with Crippen molar-refractivity contribution in [3.63, 3.8) is 0 Å². The van der Waals surface area contributed by atoms with Crippen molar-refractivity contribution in [2.45, 2.75) is 24.0 Å². The number of benzene rings is 2. The Balaban J connectivity index is 1.76. The zero-order valence-electron chi connectivity index (χ0n) is 17.2. The molecule has 1 fully saturated rings. The fraction of sp³-hybridized carbons (Fsp3) is 0.381. The van der Waals surface area contributed by atoms with E-state index in [1.807, 2.05) is 11.9 Å². The largest absolute Gasteiger partial charge is 0.416 e. The van der Waals surface area contributed by atoms with Crippen LogP contribution in [0.15, 0.2) is 53.4 Å². The predicted molar refractivity (Wildman–Crippen MR) is 110 cm³/mol. The van der Waals surface area contributed by atoms with Crippen molar-refractivity contribution in [1.29, 1.82) is 0 Å². The SMILES string of the molecule is CC(NC(=O)c1cccc(S(=O)(=O)N2CCN(C)CC2)c1)c1cccc(C(F)(F)F)c1. The molecule has 6 nitrogen and oxygen atoms in total. The van der Waals surface area contributed by atoms with Gasteiger partial charge in [0.1, 0.15) is 0 Å². The highest BCUT2D eigenvalue weighted by Gasteiger charge is 2.31. The van der Waals surface area contributed by atoms with Gasteiger partial charge in [-0.15, -0.1) is 0 Å². The van der Waals surface area contributed by atoms with Gasteiger partial charge < -0.3 is 10.2 Å². The zero-order chi connectivity index (χ0) is 22.8. The number of halogens is 3. The molecule has 0 aliphatic carbocycles. The van der Waals surface area contributed by atoms with Crippen LogP contribution in [0.5, 0.6) is 0 Å². The number of rotatable bonds is 5. The highest BCUT2D eigenvalue weighted by atomic mass is 32.2. The summed E-state index contributed by atoms with van der Waals surface area (Å²) >= 11 is 0. The fourth-order valence-electron chi connectivity index (χ4n) is 3.32. The Bertz CT molecular complexity index is 1050. The highest BCUT2D eigenvalue weighted by molar-refractivity contribution is 7.89. The number of hydrogen-bond acceptors (Lipinski definition) is 4. The van der Waals surface area contributed by atoms with Crippen molar-refractivity contribution in [2.24, 2.45) is 0 Å². The minimum absolute atomic E-state index is 0.0106. The van der Waals surface area contributed by atoms with Gasteiger partial charge in [-0.3, -0.25) is 4.79 Å². The second-order valence-electron chi connectivity index (χ2n) is 7.55. The van der Waals surface area contributed by atoms with Crippen molar-refractivity contribution in [3.8, 4) is 0 Å². The van der Waals surface area contributed by atoms with Crippen LogP contribution in [0.4, 0.5) is 13.2 Å². The van der Waals surface area contributed by atoms with Crippen molar-refractivity contribution >= 4 is 15.9 Å². The Morgan fingerprint density at radius 1 is 1.03 bits per heavy atom. The van der Waals surface area contributed by atoms with Gasteiger partial charge in [-0.05, 0) is 49.9 Å². The molecule has 168 valence electrons. The van der Waals surface area contributed by atoms with Crippen LogP contribution in [-0.4, -0.2) is 56.8 Å². The lowest BCUT2D eigenvalue weighted by Gasteiger charge is -2.31. The standard InChI is InChI=1S/C21H24F3N3O3S/c1-15(16-5-3-7-18(13-16)21(22,23)24)25-20(28)17-6-4-8-19(14-17)31(29,30)27-11-9-26(2)10-12-27/h3-8,13-15H,9-12H2,1-2H3,(H,25,28). The number of nitrogens with zero attached hydrogens (tertiary/aromatic N) is 2. The van der Waals surface area contributed by atoms with E-state index in [1.165, 1.54) is 40.7 Å². The molecule has 1 saturated heterocycles. The molecule has 2 aromatic carbocycles. The molecule has 0 saturated carbocycles. The van der Waals surface area contributed by atoms with E-state index in [1.54, 1.807) is 6.92 Å². The van der Waals surface area contributed by atoms with Crippen LogP contribution in [0, 0.1) is 0 Å². The van der Waals surface area contributed by atoms with Crippen LogP contribution >= 0.6 is 0 Å². The van der Waals surface area contributed by atoms with Crippen LogP contribution in [0.1, 0.15) is 34.5 Å². The molecule has 1 heterocycles. The van der Waals surface area contributed by atoms with Gasteiger partial charge >= 0.3 is 6.18 Å². The zero-order valence-corrected chi connectivity index (χ0v) is 18.0. The Morgan fingerprint density at radius 2 is 1.68 bits per heavy atom. The van der Waals surface area contributed by atoms with Gasteiger partial charge in [-0.1, -0.05) is 18.2 Å². The molecular weight excluding hydrogens is 431 g/mol. The molecule has 0 radical (unpaired) electrons. The number of carbonyl (C=O) groups excluding carboxylic acids is 1. The second kappa shape index (κ2) is 8.97. The number of piperazine rings is 1. The summed E-state index contributed by atoms with van der Waals surface area (Å²) in [7, 11) is -1.83. The van der Waals surface area contributed by atoms with Crippen molar-refractivity contribution in [2.75, 3.05) is 33.2 Å². The van der Waals surface area contributed by atoms with E-state index in [9.17, 15) is 26.4 Å². The fourth-order valence-corrected chi connectivity index (χ4v) is 4.79. The molecule has 0 spiro atoms. The van der Waals surface area contributed by atoms with Gasteiger partial charge in [-0.25, -0.2) is 8.42 Å². The van der Waals surface area contributed by atoms with Crippen LogP contribution in [0.3, 0.4) is 0 Å². The summed E-state index contributed by atoms with van der Waals surface area (Å²) in [6, 6.07) is 9.70. The van der Waals surface area contributed by atoms with E-state index in [0.29, 0.717) is 31.7 Å². The molecular formula is C21H24F3N3O3S. The first-order valence-electron chi connectivity index (χ1n) is 9.75. The molecule has 1 atom stereocenters. The number of alkyl halides is 3. The molecule has 2 aromatic rings. The third kappa shape index (κ3) is 5.44. The van der Waals surface area contributed by atoms with Gasteiger partial charge in [0.25, 0.3) is 5.91 Å². The Labute approximate surface area is 179 Å². The lowest BCUT2D eigenvalue weighted by molar-refractivity contribution is -0.137. The maximum Gasteiger partial charge on any atom is 0.416 e. The third-order valence-corrected chi connectivity index (χ3v) is 7.15. The number of nitrogens with one attached hydrogen (secondary N) is 1. The lowest BCUT2D eigenvalue weighted by atomic mass is 10.0. The smallest absolute Gasteiger partial charge is 0.346 e. The summed E-state index contributed by atoms with van der Waals surface area (Å²) < 4.78 is 66.0. The maximum atomic E-state index is 12.9. The van der Waals surface area contributed by atoms with E-state index in [2.05, 4.69) is 5.32 Å². The molecule has 1 amide bonds. The van der Waals surface area contributed by atoms with Crippen molar-refractivity contribution in [1.82, 2.24) is 14.5 Å². The summed E-state index contributed by atoms with van der Waals surface area (Å²) in [6.45, 7) is 3.53. The van der Waals surface area contributed by atoms with Crippen LogP contribution in [-0.2, 0) is 16.2 Å². The molecule has 1 aliphatic rings. The molecule has 1 aliphatic heterocycles. The van der Waals surface area contributed by atoms with Gasteiger partial charge in [0, 0.05) is 31.7 Å².